The SMILES string of the molecule is COc1ccc(C(=O)c2c(N)sc3c2CC[C@H](C(C)(C)C)C3)cc1. The number of nitrogens with two attached hydrogens (primary N) is 1. The van der Waals surface area contributed by atoms with E-state index in [4.69, 9.17) is 10.5 Å². The lowest BCUT2D eigenvalue weighted by molar-refractivity contribution is 0.103. The van der Waals surface area contributed by atoms with Crippen LogP contribution in [0.1, 0.15) is 53.6 Å². The van der Waals surface area contributed by atoms with Gasteiger partial charge in [0, 0.05) is 10.4 Å². The van der Waals surface area contributed by atoms with Gasteiger partial charge < -0.3 is 10.5 Å². The molecule has 0 bridgehead atoms. The Kier molecular flexibility index (Phi) is 4.43. The summed E-state index contributed by atoms with van der Waals surface area (Å²) in [5, 5.41) is 0.662. The molecular weight excluding hydrogens is 318 g/mol. The molecule has 0 unspecified atom stereocenters. The second-order valence-electron chi connectivity index (χ2n) is 7.61. The topological polar surface area (TPSA) is 52.3 Å². The lowest BCUT2D eigenvalue weighted by Crippen LogP contribution is -2.26. The highest BCUT2D eigenvalue weighted by Crippen LogP contribution is 2.43. The van der Waals surface area contributed by atoms with Gasteiger partial charge in [0.2, 0.25) is 0 Å². The smallest absolute Gasteiger partial charge is 0.196 e. The Morgan fingerprint density at radius 3 is 2.50 bits per heavy atom. The van der Waals surface area contributed by atoms with E-state index in [9.17, 15) is 4.79 Å². The molecule has 0 amide bonds. The van der Waals surface area contributed by atoms with Crippen molar-refractivity contribution in [3.8, 4) is 5.75 Å². The quantitative estimate of drug-likeness (QED) is 0.820. The van der Waals surface area contributed by atoms with Crippen LogP contribution >= 0.6 is 11.3 Å². The highest BCUT2D eigenvalue weighted by molar-refractivity contribution is 7.16. The van der Waals surface area contributed by atoms with Crippen molar-refractivity contribution in [2.24, 2.45) is 11.3 Å². The monoisotopic (exact) mass is 343 g/mol. The first kappa shape index (κ1) is 17.0. The zero-order valence-electron chi connectivity index (χ0n) is 14.8. The summed E-state index contributed by atoms with van der Waals surface area (Å²) < 4.78 is 5.16. The maximum absolute atomic E-state index is 13.0. The van der Waals surface area contributed by atoms with Crippen LogP contribution in [0.25, 0.3) is 0 Å². The molecule has 0 fully saturated rings. The number of nitrogen functional groups attached to an aromatic ring is 1. The maximum atomic E-state index is 13.0. The maximum Gasteiger partial charge on any atom is 0.196 e. The van der Waals surface area contributed by atoms with E-state index < -0.39 is 0 Å². The second kappa shape index (κ2) is 6.25. The summed E-state index contributed by atoms with van der Waals surface area (Å²) in [6.07, 6.45) is 3.10. The van der Waals surface area contributed by atoms with Crippen molar-refractivity contribution >= 4 is 22.1 Å². The van der Waals surface area contributed by atoms with Crippen LogP contribution in [0, 0.1) is 11.3 Å². The van der Waals surface area contributed by atoms with Gasteiger partial charge in [0.25, 0.3) is 0 Å². The van der Waals surface area contributed by atoms with Gasteiger partial charge in [-0.1, -0.05) is 20.8 Å². The van der Waals surface area contributed by atoms with E-state index in [1.54, 1.807) is 18.4 Å². The van der Waals surface area contributed by atoms with Crippen LogP contribution in [0.2, 0.25) is 0 Å². The normalized spacial score (nSPS) is 17.4. The number of rotatable bonds is 3. The first-order valence-electron chi connectivity index (χ1n) is 8.40. The lowest BCUT2D eigenvalue weighted by Gasteiger charge is -2.33. The van der Waals surface area contributed by atoms with Gasteiger partial charge in [-0.3, -0.25) is 4.79 Å². The number of carbonyl (C=O) groups is 1. The van der Waals surface area contributed by atoms with Crippen molar-refractivity contribution in [2.75, 3.05) is 12.8 Å². The van der Waals surface area contributed by atoms with Gasteiger partial charge in [-0.05, 0) is 60.4 Å². The molecule has 0 saturated heterocycles. The van der Waals surface area contributed by atoms with E-state index in [1.807, 2.05) is 24.3 Å². The Hall–Kier alpha value is -1.81. The summed E-state index contributed by atoms with van der Waals surface area (Å²) in [5.41, 5.74) is 9.11. The minimum absolute atomic E-state index is 0.0295. The molecule has 0 radical (unpaired) electrons. The molecule has 0 spiro atoms. The van der Waals surface area contributed by atoms with Crippen molar-refractivity contribution in [2.45, 2.75) is 40.0 Å². The van der Waals surface area contributed by atoms with Crippen LogP contribution in [0.3, 0.4) is 0 Å². The van der Waals surface area contributed by atoms with Gasteiger partial charge in [0.1, 0.15) is 5.75 Å². The molecule has 1 aliphatic carbocycles. The fourth-order valence-corrected chi connectivity index (χ4v) is 4.68. The van der Waals surface area contributed by atoms with Gasteiger partial charge in [-0.2, -0.15) is 0 Å². The summed E-state index contributed by atoms with van der Waals surface area (Å²) in [4.78, 5) is 14.3. The van der Waals surface area contributed by atoms with Crippen molar-refractivity contribution in [3.05, 3.63) is 45.8 Å². The summed E-state index contributed by atoms with van der Waals surface area (Å²) in [6.45, 7) is 6.88. The number of hydrogen-bond acceptors (Lipinski definition) is 4. The Bertz CT molecular complexity index is 753. The van der Waals surface area contributed by atoms with Crippen molar-refractivity contribution in [1.82, 2.24) is 0 Å². The first-order chi connectivity index (χ1) is 11.3. The average Bonchev–Trinajstić information content (AvgIpc) is 2.88. The molecule has 2 aromatic rings. The Balaban J connectivity index is 1.93. The largest absolute Gasteiger partial charge is 0.497 e. The van der Waals surface area contributed by atoms with E-state index in [1.165, 1.54) is 10.4 Å². The predicted molar refractivity (Wildman–Crippen MR) is 100 cm³/mol. The Morgan fingerprint density at radius 1 is 1.25 bits per heavy atom. The zero-order valence-corrected chi connectivity index (χ0v) is 15.6. The molecule has 4 heteroatoms. The summed E-state index contributed by atoms with van der Waals surface area (Å²) in [5.74, 6) is 1.42. The number of ketones is 1. The molecule has 0 saturated carbocycles. The van der Waals surface area contributed by atoms with Gasteiger partial charge in [-0.25, -0.2) is 0 Å². The summed E-state index contributed by atoms with van der Waals surface area (Å²) >= 11 is 1.60. The standard InChI is InChI=1S/C20H25NO2S/c1-20(2,3)13-7-10-15-16(11-13)24-19(21)17(15)18(22)12-5-8-14(23-4)9-6-12/h5-6,8-9,13H,7,10-11,21H2,1-4H3/t13-/m0/s1. The van der Waals surface area contributed by atoms with E-state index >= 15 is 0 Å². The van der Waals surface area contributed by atoms with E-state index in [0.717, 1.165) is 30.6 Å². The molecule has 1 heterocycles. The number of ether oxygens (including phenoxy) is 1. The molecule has 3 nitrogen and oxygen atoms in total. The van der Waals surface area contributed by atoms with Gasteiger partial charge in [0.05, 0.1) is 17.7 Å². The zero-order chi connectivity index (χ0) is 17.5. The van der Waals surface area contributed by atoms with Gasteiger partial charge in [-0.15, -0.1) is 11.3 Å². The van der Waals surface area contributed by atoms with Crippen LogP contribution < -0.4 is 10.5 Å². The molecule has 1 atom stereocenters. The van der Waals surface area contributed by atoms with Crippen molar-refractivity contribution in [3.63, 3.8) is 0 Å². The Labute approximate surface area is 147 Å². The summed E-state index contributed by atoms with van der Waals surface area (Å²) in [6, 6.07) is 7.26. The van der Waals surface area contributed by atoms with Crippen LogP contribution in [0.4, 0.5) is 5.00 Å². The Morgan fingerprint density at radius 2 is 1.92 bits per heavy atom. The van der Waals surface area contributed by atoms with Gasteiger partial charge >= 0.3 is 0 Å². The molecule has 3 rings (SSSR count). The average molecular weight is 343 g/mol. The van der Waals surface area contributed by atoms with E-state index in [-0.39, 0.29) is 11.2 Å². The fourth-order valence-electron chi connectivity index (χ4n) is 3.48. The number of carbonyl (C=O) groups excluding carboxylic acids is 1. The van der Waals surface area contributed by atoms with Crippen molar-refractivity contribution in [1.29, 1.82) is 0 Å². The highest BCUT2D eigenvalue weighted by atomic mass is 32.1. The number of hydrogen-bond donors (Lipinski definition) is 1. The van der Waals surface area contributed by atoms with Crippen LogP contribution in [-0.2, 0) is 12.8 Å². The fraction of sp³-hybridized carbons (Fsp3) is 0.450. The molecule has 1 aromatic heterocycles. The van der Waals surface area contributed by atoms with Gasteiger partial charge in [0.15, 0.2) is 5.78 Å². The number of anilines is 1. The summed E-state index contributed by atoms with van der Waals surface area (Å²) in [7, 11) is 1.62. The van der Waals surface area contributed by atoms with Crippen LogP contribution in [0.5, 0.6) is 5.75 Å². The number of thiophene rings is 1. The molecule has 128 valence electrons. The number of methoxy groups -OCH3 is 1. The number of fused-ring (bicyclic) bond motifs is 1. The third-order valence-electron chi connectivity index (χ3n) is 5.10. The van der Waals surface area contributed by atoms with Crippen LogP contribution in [-0.4, -0.2) is 12.9 Å². The molecular formula is C20H25NO2S. The molecule has 24 heavy (non-hydrogen) atoms. The van der Waals surface area contributed by atoms with E-state index in [0.29, 0.717) is 16.5 Å². The minimum atomic E-state index is 0.0295. The minimum Gasteiger partial charge on any atom is -0.497 e. The second-order valence-corrected chi connectivity index (χ2v) is 8.74. The third kappa shape index (κ3) is 3.07. The first-order valence-corrected chi connectivity index (χ1v) is 9.21. The highest BCUT2D eigenvalue weighted by Gasteiger charge is 2.33. The molecule has 0 aliphatic heterocycles. The van der Waals surface area contributed by atoms with E-state index in [2.05, 4.69) is 20.8 Å². The molecule has 2 N–H and O–H groups in total. The molecule has 1 aromatic carbocycles. The van der Waals surface area contributed by atoms with Crippen molar-refractivity contribution < 1.29 is 9.53 Å². The van der Waals surface area contributed by atoms with Crippen LogP contribution in [0.15, 0.2) is 24.3 Å². The number of benzene rings is 1. The lowest BCUT2D eigenvalue weighted by atomic mass is 9.72. The third-order valence-corrected chi connectivity index (χ3v) is 6.18. The predicted octanol–water partition coefficient (Wildman–Crippen LogP) is 4.72. The molecule has 1 aliphatic rings.